The first kappa shape index (κ1) is 16.2. The summed E-state index contributed by atoms with van der Waals surface area (Å²) in [6.45, 7) is 5.54. The van der Waals surface area contributed by atoms with Crippen molar-refractivity contribution in [2.75, 3.05) is 26.2 Å². The van der Waals surface area contributed by atoms with E-state index < -0.39 is 0 Å². The summed E-state index contributed by atoms with van der Waals surface area (Å²) in [5.74, 6) is 0.382. The monoisotopic (exact) mass is 326 g/mol. The quantitative estimate of drug-likeness (QED) is 0.848. The van der Waals surface area contributed by atoms with Gasteiger partial charge in [0.15, 0.2) is 0 Å². The smallest absolute Gasteiger partial charge is 0.376 e. The van der Waals surface area contributed by atoms with E-state index in [0.717, 1.165) is 58.3 Å². The Bertz CT molecular complexity index is 620. The summed E-state index contributed by atoms with van der Waals surface area (Å²) >= 11 is 0. The molecule has 2 aliphatic heterocycles. The maximum atomic E-state index is 13.1. The first-order valence-electron chi connectivity index (χ1n) is 9.41. The first-order valence-corrected chi connectivity index (χ1v) is 9.41. The van der Waals surface area contributed by atoms with E-state index in [0.29, 0.717) is 5.91 Å². The number of hydrogen-bond acceptors (Lipinski definition) is 3. The number of piperidine rings is 1. The van der Waals surface area contributed by atoms with Crippen molar-refractivity contribution in [1.29, 1.82) is 0 Å². The second-order valence-electron chi connectivity index (χ2n) is 7.82. The molecule has 1 spiro atoms. The lowest BCUT2D eigenvalue weighted by atomic mass is 9.70. The van der Waals surface area contributed by atoms with Gasteiger partial charge in [0.25, 0.3) is 0 Å². The zero-order valence-corrected chi connectivity index (χ0v) is 14.6. The molecule has 1 aliphatic carbocycles. The Morgan fingerprint density at radius 1 is 1.17 bits per heavy atom. The van der Waals surface area contributed by atoms with Crippen molar-refractivity contribution in [3.05, 3.63) is 35.4 Å². The predicted molar refractivity (Wildman–Crippen MR) is 95.9 cm³/mol. The lowest BCUT2D eigenvalue weighted by Crippen LogP contribution is -2.47. The second kappa shape index (κ2) is 6.19. The number of carbonyl (C=O) groups excluding carboxylic acids is 1. The molecule has 1 N–H and O–H groups in total. The minimum Gasteiger partial charge on any atom is -0.437 e. The Labute approximate surface area is 145 Å². The number of nitrogens with zero attached hydrogens (tertiary/aromatic N) is 2. The van der Waals surface area contributed by atoms with Gasteiger partial charge in [0, 0.05) is 13.1 Å². The van der Waals surface area contributed by atoms with Crippen LogP contribution < -0.4 is 0 Å². The normalized spacial score (nSPS) is 25.9. The van der Waals surface area contributed by atoms with Gasteiger partial charge < -0.3 is 14.7 Å². The second-order valence-corrected chi connectivity index (χ2v) is 7.82. The standard InChI is InChI=1S/C19H27BN2O2/c1-20(24)22-12-8-19(9-13-22)14-16(15-6-2-3-7-17(15)19)18(23)21-10-4-5-11-21/h2-3,6-7,16,24H,4-5,8-14H2,1H3. The third-order valence-corrected chi connectivity index (χ3v) is 6.50. The number of rotatable bonds is 2. The number of amides is 1. The lowest BCUT2D eigenvalue weighted by molar-refractivity contribution is -0.132. The Morgan fingerprint density at radius 2 is 1.83 bits per heavy atom. The molecule has 2 saturated heterocycles. The highest BCUT2D eigenvalue weighted by molar-refractivity contribution is 6.45. The average Bonchev–Trinajstić information content (AvgIpc) is 3.23. The number of likely N-dealkylation sites (tertiary alicyclic amines) is 1. The summed E-state index contributed by atoms with van der Waals surface area (Å²) < 4.78 is 0. The Hall–Kier alpha value is -1.33. The van der Waals surface area contributed by atoms with Gasteiger partial charge in [-0.1, -0.05) is 24.3 Å². The van der Waals surface area contributed by atoms with E-state index in [1.165, 1.54) is 11.1 Å². The molecule has 1 aromatic rings. The van der Waals surface area contributed by atoms with Crippen LogP contribution in [0.5, 0.6) is 0 Å². The van der Waals surface area contributed by atoms with E-state index in [-0.39, 0.29) is 18.4 Å². The number of benzene rings is 1. The molecule has 0 aromatic heterocycles. The van der Waals surface area contributed by atoms with Crippen LogP contribution in [-0.4, -0.2) is 53.9 Å². The summed E-state index contributed by atoms with van der Waals surface area (Å²) in [6, 6.07) is 8.60. The maximum absolute atomic E-state index is 13.1. The van der Waals surface area contributed by atoms with Crippen molar-refractivity contribution in [2.45, 2.75) is 50.3 Å². The zero-order chi connectivity index (χ0) is 16.7. The molecule has 0 bridgehead atoms. The predicted octanol–water partition coefficient (Wildman–Crippen LogP) is 2.24. The summed E-state index contributed by atoms with van der Waals surface area (Å²) in [7, 11) is -0.374. The van der Waals surface area contributed by atoms with Gasteiger partial charge in [-0.15, -0.1) is 0 Å². The summed E-state index contributed by atoms with van der Waals surface area (Å²) in [4.78, 5) is 17.3. The average molecular weight is 326 g/mol. The van der Waals surface area contributed by atoms with Crippen molar-refractivity contribution in [2.24, 2.45) is 0 Å². The Balaban J connectivity index is 1.61. The highest BCUT2D eigenvalue weighted by Crippen LogP contribution is 2.52. The van der Waals surface area contributed by atoms with Crippen LogP contribution in [0, 0.1) is 0 Å². The Morgan fingerprint density at radius 3 is 2.50 bits per heavy atom. The van der Waals surface area contributed by atoms with Gasteiger partial charge in [-0.05, 0) is 68.6 Å². The van der Waals surface area contributed by atoms with Gasteiger partial charge >= 0.3 is 7.05 Å². The van der Waals surface area contributed by atoms with E-state index in [4.69, 9.17) is 0 Å². The van der Waals surface area contributed by atoms with Crippen LogP contribution in [0.4, 0.5) is 0 Å². The molecule has 3 aliphatic rings. The van der Waals surface area contributed by atoms with Crippen LogP contribution in [0.25, 0.3) is 0 Å². The minimum atomic E-state index is -0.374. The van der Waals surface area contributed by atoms with Gasteiger partial charge in [0.05, 0.1) is 5.92 Å². The first-order chi connectivity index (χ1) is 11.6. The van der Waals surface area contributed by atoms with Gasteiger partial charge in [0.2, 0.25) is 5.91 Å². The summed E-state index contributed by atoms with van der Waals surface area (Å²) in [5, 5.41) is 9.85. The topological polar surface area (TPSA) is 43.8 Å². The Kier molecular flexibility index (Phi) is 4.17. The van der Waals surface area contributed by atoms with Crippen molar-refractivity contribution >= 4 is 13.0 Å². The number of carbonyl (C=O) groups is 1. The fourth-order valence-corrected chi connectivity index (χ4v) is 5.07. The van der Waals surface area contributed by atoms with Crippen molar-refractivity contribution in [3.8, 4) is 0 Å². The number of fused-ring (bicyclic) bond motifs is 2. The van der Waals surface area contributed by atoms with Crippen LogP contribution >= 0.6 is 0 Å². The zero-order valence-electron chi connectivity index (χ0n) is 14.6. The number of hydrogen-bond donors (Lipinski definition) is 1. The van der Waals surface area contributed by atoms with E-state index in [1.807, 2.05) is 6.82 Å². The largest absolute Gasteiger partial charge is 0.437 e. The van der Waals surface area contributed by atoms with E-state index in [1.54, 1.807) is 0 Å². The third-order valence-electron chi connectivity index (χ3n) is 6.50. The molecule has 0 saturated carbocycles. The van der Waals surface area contributed by atoms with Crippen molar-refractivity contribution in [1.82, 2.24) is 9.71 Å². The third kappa shape index (κ3) is 2.58. The fourth-order valence-electron chi connectivity index (χ4n) is 5.07. The van der Waals surface area contributed by atoms with Crippen molar-refractivity contribution < 1.29 is 9.82 Å². The van der Waals surface area contributed by atoms with Gasteiger partial charge in [-0.3, -0.25) is 4.79 Å². The van der Waals surface area contributed by atoms with Crippen LogP contribution in [-0.2, 0) is 10.2 Å². The molecular formula is C19H27BN2O2. The van der Waals surface area contributed by atoms with E-state index in [2.05, 4.69) is 34.0 Å². The van der Waals surface area contributed by atoms with Gasteiger partial charge in [0.1, 0.15) is 0 Å². The molecular weight excluding hydrogens is 299 g/mol. The molecule has 1 unspecified atom stereocenters. The van der Waals surface area contributed by atoms with Crippen LogP contribution in [0.2, 0.25) is 6.82 Å². The molecule has 1 atom stereocenters. The van der Waals surface area contributed by atoms with Crippen LogP contribution in [0.15, 0.2) is 24.3 Å². The van der Waals surface area contributed by atoms with Crippen molar-refractivity contribution in [3.63, 3.8) is 0 Å². The molecule has 24 heavy (non-hydrogen) atoms. The molecule has 2 fully saturated rings. The van der Waals surface area contributed by atoms with Crippen LogP contribution in [0.3, 0.4) is 0 Å². The summed E-state index contributed by atoms with van der Waals surface area (Å²) in [5.41, 5.74) is 2.79. The molecule has 2 heterocycles. The van der Waals surface area contributed by atoms with E-state index in [9.17, 15) is 9.82 Å². The fraction of sp³-hybridized carbons (Fsp3) is 0.632. The summed E-state index contributed by atoms with van der Waals surface area (Å²) in [6.07, 6.45) is 5.33. The van der Waals surface area contributed by atoms with E-state index >= 15 is 0 Å². The molecule has 1 aromatic carbocycles. The molecule has 0 radical (unpaired) electrons. The molecule has 4 rings (SSSR count). The minimum absolute atomic E-state index is 0.0393. The maximum Gasteiger partial charge on any atom is 0.376 e. The molecule has 1 amide bonds. The highest BCUT2D eigenvalue weighted by atomic mass is 16.2. The van der Waals surface area contributed by atoms with Gasteiger partial charge in [-0.2, -0.15) is 0 Å². The molecule has 128 valence electrons. The molecule has 4 nitrogen and oxygen atoms in total. The highest BCUT2D eigenvalue weighted by Gasteiger charge is 2.48. The lowest BCUT2D eigenvalue weighted by Gasteiger charge is -2.41. The van der Waals surface area contributed by atoms with Gasteiger partial charge in [-0.25, -0.2) is 0 Å². The molecule has 5 heteroatoms. The SMILES string of the molecule is CB(O)N1CCC2(CC1)CC(C(=O)N1CCCC1)c1ccccc12. The van der Waals surface area contributed by atoms with Crippen LogP contribution in [0.1, 0.15) is 49.1 Å².